The third-order valence-corrected chi connectivity index (χ3v) is 6.17. The second-order valence-corrected chi connectivity index (χ2v) is 7.59. The molecule has 1 fully saturated rings. The molecule has 1 saturated carbocycles. The summed E-state index contributed by atoms with van der Waals surface area (Å²) in [4.78, 5) is 6.37. The second kappa shape index (κ2) is 7.40. The Kier molecular flexibility index (Phi) is 4.46. The maximum atomic E-state index is 3.18. The normalized spacial score (nSPS) is 23.7. The number of benzene rings is 2. The molecule has 1 aliphatic rings. The van der Waals surface area contributed by atoms with Crippen LogP contribution in [0.4, 0.5) is 0 Å². The van der Waals surface area contributed by atoms with Crippen LogP contribution in [-0.2, 0) is 0 Å². The average Bonchev–Trinajstić information content (AvgIpc) is 2.76. The maximum Gasteiger partial charge on any atom is 0.167 e. The zero-order valence-electron chi connectivity index (χ0n) is 15.7. The molecule has 0 aliphatic heterocycles. The number of aromatic nitrogens is 2. The van der Waals surface area contributed by atoms with Crippen LogP contribution in [0.15, 0.2) is 110 Å². The van der Waals surface area contributed by atoms with Crippen LogP contribution in [0.1, 0.15) is 45.9 Å². The largest absolute Gasteiger partial charge is 0.218 e. The lowest BCUT2D eigenvalue weighted by Crippen LogP contribution is -2.40. The predicted molar refractivity (Wildman–Crippen MR) is 110 cm³/mol. The van der Waals surface area contributed by atoms with Crippen molar-refractivity contribution in [2.24, 2.45) is 0 Å². The Hall–Kier alpha value is -3.26. The van der Waals surface area contributed by atoms with Crippen LogP contribution < -0.4 is 9.97 Å². The minimum absolute atomic E-state index is 0.449. The molecule has 136 valence electrons. The molecule has 4 atom stereocenters. The van der Waals surface area contributed by atoms with Gasteiger partial charge in [0, 0.05) is 24.3 Å². The van der Waals surface area contributed by atoms with Gasteiger partial charge in [0.2, 0.25) is 0 Å². The van der Waals surface area contributed by atoms with Gasteiger partial charge in [0.25, 0.3) is 0 Å². The molecule has 0 unspecified atom stereocenters. The highest BCUT2D eigenvalue weighted by Crippen LogP contribution is 2.66. The number of H-pyrrole nitrogens is 2. The van der Waals surface area contributed by atoms with Gasteiger partial charge >= 0.3 is 0 Å². The van der Waals surface area contributed by atoms with E-state index in [1.54, 1.807) is 0 Å². The first-order valence-electron chi connectivity index (χ1n) is 9.95. The zero-order chi connectivity index (χ0) is 18.8. The highest BCUT2D eigenvalue weighted by Gasteiger charge is 2.52. The van der Waals surface area contributed by atoms with Crippen LogP contribution >= 0.6 is 0 Å². The van der Waals surface area contributed by atoms with E-state index >= 15 is 0 Å². The average molecular weight is 364 g/mol. The monoisotopic (exact) mass is 364 g/mol. The fourth-order valence-electron chi connectivity index (χ4n) is 5.00. The third-order valence-electron chi connectivity index (χ3n) is 6.17. The lowest BCUT2D eigenvalue weighted by molar-refractivity contribution is -0.378. The SMILES string of the molecule is c1ccc([C@@H]2[C@@H](c3ccccc3)[C@H](c3cc[nH+]cc3)[C@H]2c2cc[nH+]cc2)cc1. The molecule has 4 aromatic rings. The first-order valence-corrected chi connectivity index (χ1v) is 9.95. The van der Waals surface area contributed by atoms with Crippen LogP contribution in [0.25, 0.3) is 0 Å². The summed E-state index contributed by atoms with van der Waals surface area (Å²) < 4.78 is 0. The van der Waals surface area contributed by atoms with E-state index in [0.29, 0.717) is 23.7 Å². The molecule has 2 nitrogen and oxygen atoms in total. The number of rotatable bonds is 4. The lowest BCUT2D eigenvalue weighted by Gasteiger charge is -2.53. The molecule has 2 N–H and O–H groups in total. The van der Waals surface area contributed by atoms with E-state index in [1.165, 1.54) is 22.3 Å². The molecule has 2 heteroatoms. The van der Waals surface area contributed by atoms with Gasteiger partial charge in [-0.2, -0.15) is 0 Å². The van der Waals surface area contributed by atoms with E-state index in [0.717, 1.165) is 0 Å². The Bertz CT molecular complexity index is 835. The summed E-state index contributed by atoms with van der Waals surface area (Å²) in [5.41, 5.74) is 5.65. The van der Waals surface area contributed by atoms with Crippen molar-refractivity contribution in [1.82, 2.24) is 0 Å². The molecule has 0 saturated heterocycles. The highest BCUT2D eigenvalue weighted by atomic mass is 14.6. The molecule has 0 radical (unpaired) electrons. The number of hydrogen-bond donors (Lipinski definition) is 0. The van der Waals surface area contributed by atoms with Crippen LogP contribution in [0.2, 0.25) is 0 Å². The number of nitrogens with one attached hydrogen (secondary N) is 2. The van der Waals surface area contributed by atoms with Gasteiger partial charge in [0.15, 0.2) is 24.8 Å². The van der Waals surface area contributed by atoms with Crippen molar-refractivity contribution >= 4 is 0 Å². The molecule has 0 spiro atoms. The fourth-order valence-corrected chi connectivity index (χ4v) is 5.00. The summed E-state index contributed by atoms with van der Waals surface area (Å²) in [6.45, 7) is 0. The summed E-state index contributed by atoms with van der Waals surface area (Å²) in [6, 6.07) is 31.0. The van der Waals surface area contributed by atoms with Crippen molar-refractivity contribution in [2.45, 2.75) is 23.7 Å². The van der Waals surface area contributed by atoms with Gasteiger partial charge in [0.1, 0.15) is 0 Å². The van der Waals surface area contributed by atoms with Gasteiger partial charge in [-0.25, -0.2) is 9.97 Å². The van der Waals surface area contributed by atoms with Crippen molar-refractivity contribution in [2.75, 3.05) is 0 Å². The van der Waals surface area contributed by atoms with E-state index in [4.69, 9.17) is 0 Å². The molecule has 28 heavy (non-hydrogen) atoms. The van der Waals surface area contributed by atoms with Crippen molar-refractivity contribution in [1.29, 1.82) is 0 Å². The van der Waals surface area contributed by atoms with Gasteiger partial charge < -0.3 is 0 Å². The molecule has 2 aromatic heterocycles. The summed E-state index contributed by atoms with van der Waals surface area (Å²) in [7, 11) is 0. The quantitative estimate of drug-likeness (QED) is 0.499. The van der Waals surface area contributed by atoms with Gasteiger partial charge in [-0.05, 0) is 45.9 Å². The van der Waals surface area contributed by atoms with Gasteiger partial charge in [-0.1, -0.05) is 60.7 Å². The number of pyridine rings is 2. The molecular weight excluding hydrogens is 340 g/mol. The van der Waals surface area contributed by atoms with Crippen LogP contribution in [-0.4, -0.2) is 0 Å². The molecule has 2 aromatic carbocycles. The number of aromatic amines is 2. The Balaban J connectivity index is 1.67. The van der Waals surface area contributed by atoms with Crippen LogP contribution in [0.3, 0.4) is 0 Å². The van der Waals surface area contributed by atoms with Crippen LogP contribution in [0, 0.1) is 0 Å². The lowest BCUT2D eigenvalue weighted by atomic mass is 9.49. The van der Waals surface area contributed by atoms with Crippen molar-refractivity contribution in [3.05, 3.63) is 132 Å². The maximum absolute atomic E-state index is 3.18. The summed E-state index contributed by atoms with van der Waals surface area (Å²) >= 11 is 0. The van der Waals surface area contributed by atoms with E-state index in [1.807, 2.05) is 24.8 Å². The number of hydrogen-bond acceptors (Lipinski definition) is 0. The standard InChI is InChI=1S/C26H22N2/c1-3-7-19(8-4-1)23-24(20-9-5-2-6-10-20)26(22-13-17-28-18-14-22)25(23)21-11-15-27-16-12-21/h1-18,23-26H/p+2/t23-,24-,25+,26+/m1/s1. The zero-order valence-corrected chi connectivity index (χ0v) is 15.7. The predicted octanol–water partition coefficient (Wildman–Crippen LogP) is 4.76. The van der Waals surface area contributed by atoms with E-state index in [9.17, 15) is 0 Å². The molecular formula is C26H24N2+2. The van der Waals surface area contributed by atoms with E-state index in [-0.39, 0.29) is 0 Å². The minimum Gasteiger partial charge on any atom is -0.218 e. The molecule has 2 heterocycles. The first-order chi connectivity index (χ1) is 13.9. The third kappa shape index (κ3) is 2.91. The summed E-state index contributed by atoms with van der Waals surface area (Å²) in [5, 5.41) is 0. The summed E-state index contributed by atoms with van der Waals surface area (Å²) in [5.74, 6) is 1.81. The minimum atomic E-state index is 0.449. The smallest absolute Gasteiger partial charge is 0.167 e. The van der Waals surface area contributed by atoms with Gasteiger partial charge in [-0.15, -0.1) is 0 Å². The van der Waals surface area contributed by atoms with Gasteiger partial charge in [0.05, 0.1) is 0 Å². The van der Waals surface area contributed by atoms with Crippen molar-refractivity contribution < 1.29 is 9.97 Å². The Morgan fingerprint density at radius 2 is 0.643 bits per heavy atom. The van der Waals surface area contributed by atoms with Crippen LogP contribution in [0.5, 0.6) is 0 Å². The fraction of sp³-hybridized carbons (Fsp3) is 0.154. The highest BCUT2D eigenvalue weighted by molar-refractivity contribution is 5.47. The molecule has 0 bridgehead atoms. The van der Waals surface area contributed by atoms with E-state index < -0.39 is 0 Å². The molecule has 1 aliphatic carbocycles. The topological polar surface area (TPSA) is 28.3 Å². The second-order valence-electron chi connectivity index (χ2n) is 7.59. The molecule has 5 rings (SSSR count). The Labute approximate surface area is 165 Å². The Morgan fingerprint density at radius 3 is 0.964 bits per heavy atom. The van der Waals surface area contributed by atoms with E-state index in [2.05, 4.69) is 94.9 Å². The molecule has 0 amide bonds. The first kappa shape index (κ1) is 16.9. The summed E-state index contributed by atoms with van der Waals surface area (Å²) in [6.07, 6.45) is 8.18. The van der Waals surface area contributed by atoms with Crippen molar-refractivity contribution in [3.63, 3.8) is 0 Å². The van der Waals surface area contributed by atoms with Gasteiger partial charge in [-0.3, -0.25) is 0 Å². The Morgan fingerprint density at radius 1 is 0.357 bits per heavy atom. The van der Waals surface area contributed by atoms with Crippen molar-refractivity contribution in [3.8, 4) is 0 Å².